The third-order valence-electron chi connectivity index (χ3n) is 3.58. The van der Waals surface area contributed by atoms with Gasteiger partial charge in [-0.2, -0.15) is 0 Å². The van der Waals surface area contributed by atoms with Gasteiger partial charge in [-0.15, -0.1) is 0 Å². The fraction of sp³-hybridized carbons (Fsp3) is 0.0526. The number of hydrogen-bond acceptors (Lipinski definition) is 2. The van der Waals surface area contributed by atoms with E-state index in [1.165, 1.54) is 0 Å². The van der Waals surface area contributed by atoms with Crippen LogP contribution in [0.15, 0.2) is 66.9 Å². The van der Waals surface area contributed by atoms with Crippen LogP contribution in [0.1, 0.15) is 16.1 Å². The molecule has 0 unspecified atom stereocenters. The van der Waals surface area contributed by atoms with E-state index < -0.39 is 0 Å². The van der Waals surface area contributed by atoms with Gasteiger partial charge in [0.2, 0.25) is 0 Å². The zero-order valence-electron chi connectivity index (χ0n) is 12.6. The lowest BCUT2D eigenvalue weighted by atomic mass is 10.0. The molecule has 0 atom stereocenters. The molecule has 0 spiro atoms. The normalized spacial score (nSPS) is 10.3. The summed E-state index contributed by atoms with van der Waals surface area (Å²) in [6.45, 7) is 1.82. The van der Waals surface area contributed by atoms with Crippen LogP contribution in [0.3, 0.4) is 0 Å². The minimum Gasteiger partial charge on any atom is -0.321 e. The molecule has 1 N–H and O–H groups in total. The average molecular weight is 323 g/mol. The lowest BCUT2D eigenvalue weighted by molar-refractivity contribution is 0.102. The molecule has 0 fully saturated rings. The summed E-state index contributed by atoms with van der Waals surface area (Å²) in [4.78, 5) is 16.7. The summed E-state index contributed by atoms with van der Waals surface area (Å²) in [5.41, 5.74) is 3.96. The van der Waals surface area contributed by atoms with Crippen LogP contribution in [-0.4, -0.2) is 10.9 Å². The van der Waals surface area contributed by atoms with Gasteiger partial charge < -0.3 is 5.32 Å². The number of nitrogens with one attached hydrogen (secondary N) is 1. The molecular weight excluding hydrogens is 308 g/mol. The van der Waals surface area contributed by atoms with Crippen LogP contribution < -0.4 is 5.32 Å². The van der Waals surface area contributed by atoms with E-state index >= 15 is 0 Å². The maximum atomic E-state index is 12.5. The number of anilines is 1. The van der Waals surface area contributed by atoms with Gasteiger partial charge in [-0.3, -0.25) is 9.78 Å². The number of pyridine rings is 1. The summed E-state index contributed by atoms with van der Waals surface area (Å²) < 4.78 is 0. The molecule has 3 aromatic rings. The van der Waals surface area contributed by atoms with Gasteiger partial charge >= 0.3 is 0 Å². The Kier molecular flexibility index (Phi) is 4.40. The Morgan fingerprint density at radius 3 is 2.48 bits per heavy atom. The van der Waals surface area contributed by atoms with Crippen molar-refractivity contribution in [1.29, 1.82) is 0 Å². The van der Waals surface area contributed by atoms with Crippen molar-refractivity contribution >= 4 is 23.2 Å². The van der Waals surface area contributed by atoms with E-state index in [0.29, 0.717) is 16.3 Å². The molecule has 0 radical (unpaired) electrons. The van der Waals surface area contributed by atoms with Crippen LogP contribution in [0.25, 0.3) is 11.1 Å². The van der Waals surface area contributed by atoms with Gasteiger partial charge in [0.05, 0.1) is 5.56 Å². The van der Waals surface area contributed by atoms with E-state index in [1.807, 2.05) is 55.5 Å². The number of hydrogen-bond donors (Lipinski definition) is 1. The molecular formula is C19H15ClN2O. The SMILES string of the molecule is Cc1ncccc1C(=O)Nc1ccccc1-c1ccc(Cl)cc1. The minimum absolute atomic E-state index is 0.169. The van der Waals surface area contributed by atoms with Crippen LogP contribution in [0.5, 0.6) is 0 Å². The van der Waals surface area contributed by atoms with Gasteiger partial charge in [0.25, 0.3) is 5.91 Å². The van der Waals surface area contributed by atoms with Crippen LogP contribution in [-0.2, 0) is 0 Å². The van der Waals surface area contributed by atoms with Gasteiger partial charge in [-0.25, -0.2) is 0 Å². The third kappa shape index (κ3) is 3.41. The highest BCUT2D eigenvalue weighted by molar-refractivity contribution is 6.30. The van der Waals surface area contributed by atoms with Gasteiger partial charge in [-0.05, 0) is 42.8 Å². The first-order valence-corrected chi connectivity index (χ1v) is 7.61. The molecule has 0 aliphatic carbocycles. The molecule has 0 bridgehead atoms. The zero-order valence-corrected chi connectivity index (χ0v) is 13.3. The number of carbonyl (C=O) groups excluding carboxylic acids is 1. The summed E-state index contributed by atoms with van der Waals surface area (Å²) in [7, 11) is 0. The number of carbonyl (C=O) groups is 1. The van der Waals surface area contributed by atoms with Gasteiger partial charge in [0, 0.05) is 28.2 Å². The molecule has 3 nitrogen and oxygen atoms in total. The first-order chi connectivity index (χ1) is 11.1. The molecule has 0 saturated heterocycles. The number of aryl methyl sites for hydroxylation is 1. The van der Waals surface area contributed by atoms with Crippen molar-refractivity contribution in [1.82, 2.24) is 4.98 Å². The second-order valence-electron chi connectivity index (χ2n) is 5.14. The Balaban J connectivity index is 1.94. The van der Waals surface area contributed by atoms with E-state index in [9.17, 15) is 4.79 Å². The second-order valence-corrected chi connectivity index (χ2v) is 5.58. The second kappa shape index (κ2) is 6.63. The predicted molar refractivity (Wildman–Crippen MR) is 93.8 cm³/mol. The Hall–Kier alpha value is -2.65. The fourth-order valence-corrected chi connectivity index (χ4v) is 2.51. The van der Waals surface area contributed by atoms with Crippen LogP contribution in [0.2, 0.25) is 5.02 Å². The van der Waals surface area contributed by atoms with Gasteiger partial charge in [-0.1, -0.05) is 41.9 Å². The molecule has 0 aliphatic heterocycles. The van der Waals surface area contributed by atoms with E-state index in [2.05, 4.69) is 10.3 Å². The topological polar surface area (TPSA) is 42.0 Å². The monoisotopic (exact) mass is 322 g/mol. The smallest absolute Gasteiger partial charge is 0.257 e. The zero-order chi connectivity index (χ0) is 16.2. The van der Waals surface area contributed by atoms with E-state index in [4.69, 9.17) is 11.6 Å². The summed E-state index contributed by atoms with van der Waals surface area (Å²) in [5.74, 6) is -0.169. The van der Waals surface area contributed by atoms with E-state index in [1.54, 1.807) is 18.3 Å². The molecule has 3 rings (SSSR count). The number of halogens is 1. The largest absolute Gasteiger partial charge is 0.321 e. The van der Waals surface area contributed by atoms with Crippen molar-refractivity contribution in [2.75, 3.05) is 5.32 Å². The lowest BCUT2D eigenvalue weighted by Crippen LogP contribution is -2.14. The number of nitrogens with zero attached hydrogens (tertiary/aromatic N) is 1. The number of amides is 1. The molecule has 1 aromatic heterocycles. The van der Waals surface area contributed by atoms with Crippen LogP contribution in [0.4, 0.5) is 5.69 Å². The van der Waals surface area contributed by atoms with Crippen molar-refractivity contribution in [2.24, 2.45) is 0 Å². The average Bonchev–Trinajstić information content (AvgIpc) is 2.56. The number of aromatic nitrogens is 1. The van der Waals surface area contributed by atoms with Crippen molar-refractivity contribution in [3.63, 3.8) is 0 Å². The van der Waals surface area contributed by atoms with E-state index in [-0.39, 0.29) is 5.91 Å². The standard InChI is InChI=1S/C19H15ClN2O/c1-13-16(6-4-12-21-13)19(23)22-18-7-3-2-5-17(18)14-8-10-15(20)11-9-14/h2-12H,1H3,(H,22,23). The maximum absolute atomic E-state index is 12.5. The molecule has 0 saturated carbocycles. The summed E-state index contributed by atoms with van der Waals surface area (Å²) in [6, 6.07) is 18.7. The predicted octanol–water partition coefficient (Wildman–Crippen LogP) is 4.96. The maximum Gasteiger partial charge on any atom is 0.257 e. The number of benzene rings is 2. The van der Waals surface area contributed by atoms with Crippen molar-refractivity contribution in [3.8, 4) is 11.1 Å². The Morgan fingerprint density at radius 1 is 1.00 bits per heavy atom. The van der Waals surface area contributed by atoms with Crippen molar-refractivity contribution < 1.29 is 4.79 Å². The molecule has 0 aliphatic rings. The molecule has 23 heavy (non-hydrogen) atoms. The molecule has 2 aromatic carbocycles. The van der Waals surface area contributed by atoms with Crippen LogP contribution >= 0.6 is 11.6 Å². The lowest BCUT2D eigenvalue weighted by Gasteiger charge is -2.12. The molecule has 1 heterocycles. The quantitative estimate of drug-likeness (QED) is 0.740. The Morgan fingerprint density at radius 2 is 1.74 bits per heavy atom. The van der Waals surface area contributed by atoms with E-state index in [0.717, 1.165) is 16.8 Å². The number of rotatable bonds is 3. The Bertz CT molecular complexity index is 844. The molecule has 4 heteroatoms. The summed E-state index contributed by atoms with van der Waals surface area (Å²) in [5, 5.41) is 3.65. The first-order valence-electron chi connectivity index (χ1n) is 7.23. The molecule has 114 valence electrons. The first kappa shape index (κ1) is 15.3. The summed E-state index contributed by atoms with van der Waals surface area (Å²) >= 11 is 5.94. The van der Waals surface area contributed by atoms with Crippen molar-refractivity contribution in [2.45, 2.75) is 6.92 Å². The number of para-hydroxylation sites is 1. The Labute approximate surface area is 140 Å². The fourth-order valence-electron chi connectivity index (χ4n) is 2.39. The van der Waals surface area contributed by atoms with Crippen molar-refractivity contribution in [3.05, 3.63) is 83.1 Å². The summed E-state index contributed by atoms with van der Waals surface area (Å²) in [6.07, 6.45) is 1.67. The van der Waals surface area contributed by atoms with Gasteiger partial charge in [0.1, 0.15) is 0 Å². The highest BCUT2D eigenvalue weighted by Gasteiger charge is 2.12. The minimum atomic E-state index is -0.169. The van der Waals surface area contributed by atoms with Crippen LogP contribution in [0, 0.1) is 6.92 Å². The van der Waals surface area contributed by atoms with Gasteiger partial charge in [0.15, 0.2) is 0 Å². The third-order valence-corrected chi connectivity index (χ3v) is 3.83. The molecule has 1 amide bonds. The highest BCUT2D eigenvalue weighted by atomic mass is 35.5. The highest BCUT2D eigenvalue weighted by Crippen LogP contribution is 2.29.